The lowest BCUT2D eigenvalue weighted by molar-refractivity contribution is 0.102. The van der Waals surface area contributed by atoms with Crippen LogP contribution in [0.4, 0.5) is 11.4 Å². The van der Waals surface area contributed by atoms with Crippen LogP contribution in [0.3, 0.4) is 0 Å². The summed E-state index contributed by atoms with van der Waals surface area (Å²) in [6.45, 7) is 2.87. The fourth-order valence-electron chi connectivity index (χ4n) is 4.02. The third-order valence-electron chi connectivity index (χ3n) is 5.75. The molecule has 2 aromatic carbocycles. The van der Waals surface area contributed by atoms with Crippen LogP contribution in [0.2, 0.25) is 0 Å². The van der Waals surface area contributed by atoms with Crippen LogP contribution < -0.4 is 20.3 Å². The van der Waals surface area contributed by atoms with Gasteiger partial charge in [-0.05, 0) is 43.2 Å². The van der Waals surface area contributed by atoms with Crippen LogP contribution in [-0.4, -0.2) is 48.7 Å². The highest BCUT2D eigenvalue weighted by Gasteiger charge is 2.19. The van der Waals surface area contributed by atoms with E-state index >= 15 is 0 Å². The van der Waals surface area contributed by atoms with Crippen LogP contribution in [0.1, 0.15) is 28.9 Å². The fraction of sp³-hybridized carbons (Fsp3) is 0.320. The summed E-state index contributed by atoms with van der Waals surface area (Å²) in [4.78, 5) is 23.5. The van der Waals surface area contributed by atoms with Crippen LogP contribution >= 0.6 is 0 Å². The van der Waals surface area contributed by atoms with E-state index in [4.69, 9.17) is 4.74 Å². The zero-order chi connectivity index (χ0) is 22.2. The zero-order valence-corrected chi connectivity index (χ0v) is 18.3. The van der Waals surface area contributed by atoms with Crippen LogP contribution in [-0.2, 0) is 6.42 Å². The van der Waals surface area contributed by atoms with Crippen molar-refractivity contribution in [1.82, 2.24) is 15.3 Å². The maximum atomic E-state index is 12.7. The molecule has 1 aromatic heterocycles. The molecule has 4 rings (SSSR count). The van der Waals surface area contributed by atoms with E-state index in [-0.39, 0.29) is 5.91 Å². The molecular formula is C25H29N5O2. The van der Waals surface area contributed by atoms with E-state index in [0.29, 0.717) is 17.4 Å². The predicted molar refractivity (Wildman–Crippen MR) is 126 cm³/mol. The van der Waals surface area contributed by atoms with Gasteiger partial charge in [-0.3, -0.25) is 14.8 Å². The zero-order valence-electron chi connectivity index (χ0n) is 18.3. The van der Waals surface area contributed by atoms with E-state index in [2.05, 4.69) is 31.6 Å². The highest BCUT2D eigenvalue weighted by molar-refractivity contribution is 6.06. The smallest absolute Gasteiger partial charge is 0.259 e. The van der Waals surface area contributed by atoms with Crippen molar-refractivity contribution in [2.24, 2.45) is 0 Å². The number of amides is 1. The minimum Gasteiger partial charge on any atom is -0.496 e. The van der Waals surface area contributed by atoms with Gasteiger partial charge in [0.15, 0.2) is 0 Å². The molecule has 1 amide bonds. The highest BCUT2D eigenvalue weighted by atomic mass is 16.5. The Bertz CT molecular complexity index is 1020. The van der Waals surface area contributed by atoms with Crippen molar-refractivity contribution in [1.29, 1.82) is 0 Å². The lowest BCUT2D eigenvalue weighted by Crippen LogP contribution is -2.43. The Morgan fingerprint density at radius 2 is 1.97 bits per heavy atom. The molecule has 0 bridgehead atoms. The molecule has 0 aliphatic carbocycles. The Labute approximate surface area is 188 Å². The van der Waals surface area contributed by atoms with Crippen LogP contribution in [0.25, 0.3) is 0 Å². The molecule has 0 unspecified atom stereocenters. The molecule has 0 saturated carbocycles. The number of methoxy groups -OCH3 is 1. The maximum absolute atomic E-state index is 12.7. The van der Waals surface area contributed by atoms with Crippen molar-refractivity contribution in [3.8, 4) is 5.75 Å². The number of anilines is 2. The lowest BCUT2D eigenvalue weighted by Gasteiger charge is -2.34. The number of hydrogen-bond donors (Lipinski definition) is 2. The van der Waals surface area contributed by atoms with Crippen molar-refractivity contribution in [3.05, 3.63) is 78.4 Å². The maximum Gasteiger partial charge on any atom is 0.259 e. The average molecular weight is 432 g/mol. The Morgan fingerprint density at radius 3 is 2.75 bits per heavy atom. The molecule has 1 aliphatic rings. The predicted octanol–water partition coefficient (Wildman–Crippen LogP) is 3.54. The molecule has 7 heteroatoms. The first-order chi connectivity index (χ1) is 15.7. The van der Waals surface area contributed by atoms with Crippen LogP contribution in [0, 0.1) is 0 Å². The first-order valence-electron chi connectivity index (χ1n) is 11.0. The van der Waals surface area contributed by atoms with Crippen molar-refractivity contribution < 1.29 is 9.53 Å². The highest BCUT2D eigenvalue weighted by Crippen LogP contribution is 2.25. The average Bonchev–Trinajstić information content (AvgIpc) is 2.85. The van der Waals surface area contributed by atoms with E-state index in [9.17, 15) is 4.79 Å². The summed E-state index contributed by atoms with van der Waals surface area (Å²) in [6.07, 6.45) is 8.31. The number of nitrogens with one attached hydrogen (secondary N) is 2. The van der Waals surface area contributed by atoms with E-state index in [1.165, 1.54) is 0 Å². The summed E-state index contributed by atoms with van der Waals surface area (Å²) in [5, 5.41) is 6.64. The standard InChI is InChI=1S/C25H29N5O2/c1-32-24-8-3-2-7-23(24)25(31)29-20-5-4-6-22(17-20)30-15-10-19(11-16-30)27-12-9-21-18-26-13-14-28-21/h2-8,13-14,17-19,27H,9-12,15-16H2,1H3,(H,29,31). The van der Waals surface area contributed by atoms with Gasteiger partial charge in [0.2, 0.25) is 0 Å². The molecular weight excluding hydrogens is 402 g/mol. The molecule has 32 heavy (non-hydrogen) atoms. The second kappa shape index (κ2) is 10.7. The molecule has 166 valence electrons. The number of nitrogens with zero attached hydrogens (tertiary/aromatic N) is 3. The van der Waals surface area contributed by atoms with Gasteiger partial charge < -0.3 is 20.3 Å². The molecule has 1 saturated heterocycles. The minimum atomic E-state index is -0.175. The van der Waals surface area contributed by atoms with E-state index in [1.54, 1.807) is 31.6 Å². The molecule has 2 N–H and O–H groups in total. The van der Waals surface area contributed by atoms with Gasteiger partial charge in [0.05, 0.1) is 18.4 Å². The first kappa shape index (κ1) is 21.8. The quantitative estimate of drug-likeness (QED) is 0.568. The van der Waals surface area contributed by atoms with Gasteiger partial charge in [-0.1, -0.05) is 18.2 Å². The second-order valence-corrected chi connectivity index (χ2v) is 7.87. The van der Waals surface area contributed by atoms with Crippen LogP contribution in [0.5, 0.6) is 5.75 Å². The van der Waals surface area contributed by atoms with Gasteiger partial charge in [0, 0.05) is 62.1 Å². The minimum absolute atomic E-state index is 0.175. The number of rotatable bonds is 8. The number of benzene rings is 2. The number of carbonyl (C=O) groups excluding carboxylic acids is 1. The molecule has 0 atom stereocenters. The number of piperidine rings is 1. The summed E-state index contributed by atoms with van der Waals surface area (Å²) in [7, 11) is 1.57. The van der Waals surface area contributed by atoms with Crippen LogP contribution in [0.15, 0.2) is 67.1 Å². The van der Waals surface area contributed by atoms with E-state index in [0.717, 1.165) is 56.0 Å². The molecule has 1 aliphatic heterocycles. The van der Waals surface area contributed by atoms with Gasteiger partial charge in [-0.2, -0.15) is 0 Å². The Balaban J connectivity index is 1.29. The Kier molecular flexibility index (Phi) is 7.30. The third kappa shape index (κ3) is 5.62. The molecule has 3 aromatic rings. The normalized spacial score (nSPS) is 14.2. The van der Waals surface area contributed by atoms with Gasteiger partial charge in [-0.15, -0.1) is 0 Å². The van der Waals surface area contributed by atoms with Gasteiger partial charge in [-0.25, -0.2) is 0 Å². The summed E-state index contributed by atoms with van der Waals surface area (Å²) in [5.41, 5.74) is 3.45. The number of hydrogen-bond acceptors (Lipinski definition) is 6. The number of ether oxygens (including phenoxy) is 1. The molecule has 0 radical (unpaired) electrons. The monoisotopic (exact) mass is 431 g/mol. The summed E-state index contributed by atoms with van der Waals surface area (Å²) >= 11 is 0. The fourth-order valence-corrected chi connectivity index (χ4v) is 4.02. The second-order valence-electron chi connectivity index (χ2n) is 7.87. The molecule has 1 fully saturated rings. The summed E-state index contributed by atoms with van der Waals surface area (Å²) < 4.78 is 5.30. The summed E-state index contributed by atoms with van der Waals surface area (Å²) in [5.74, 6) is 0.389. The Hall–Kier alpha value is -3.45. The van der Waals surface area contributed by atoms with Gasteiger partial charge in [0.1, 0.15) is 5.75 Å². The van der Waals surface area contributed by atoms with Crippen molar-refractivity contribution in [2.45, 2.75) is 25.3 Å². The SMILES string of the molecule is COc1ccccc1C(=O)Nc1cccc(N2CCC(NCCc3cnccn3)CC2)c1. The van der Waals surface area contributed by atoms with E-state index in [1.807, 2.05) is 36.5 Å². The van der Waals surface area contributed by atoms with Gasteiger partial charge >= 0.3 is 0 Å². The number of para-hydroxylation sites is 1. The first-order valence-corrected chi connectivity index (χ1v) is 11.0. The van der Waals surface area contributed by atoms with Gasteiger partial charge in [0.25, 0.3) is 5.91 Å². The third-order valence-corrected chi connectivity index (χ3v) is 5.75. The number of carbonyl (C=O) groups is 1. The largest absolute Gasteiger partial charge is 0.496 e. The Morgan fingerprint density at radius 1 is 1.12 bits per heavy atom. The van der Waals surface area contributed by atoms with Crippen molar-refractivity contribution >= 4 is 17.3 Å². The summed E-state index contributed by atoms with van der Waals surface area (Å²) in [6, 6.07) is 15.8. The molecule has 2 heterocycles. The van der Waals surface area contributed by atoms with E-state index < -0.39 is 0 Å². The van der Waals surface area contributed by atoms with Crippen molar-refractivity contribution in [3.63, 3.8) is 0 Å². The molecule has 7 nitrogen and oxygen atoms in total. The van der Waals surface area contributed by atoms with Crippen molar-refractivity contribution in [2.75, 3.05) is 37.0 Å². The topological polar surface area (TPSA) is 79.4 Å². The number of aromatic nitrogens is 2. The lowest BCUT2D eigenvalue weighted by atomic mass is 10.0. The molecule has 0 spiro atoms.